The van der Waals surface area contributed by atoms with Gasteiger partial charge >= 0.3 is 5.97 Å². The third-order valence-corrected chi connectivity index (χ3v) is 3.18. The molecule has 0 saturated carbocycles. The fraction of sp³-hybridized carbons (Fsp3) is 0.357. The van der Waals surface area contributed by atoms with Crippen LogP contribution in [0.1, 0.15) is 24.2 Å². The highest BCUT2D eigenvalue weighted by Gasteiger charge is 2.17. The molecule has 0 spiro atoms. The molecule has 8 heteroatoms. The summed E-state index contributed by atoms with van der Waals surface area (Å²) in [7, 11) is 0. The lowest BCUT2D eigenvalue weighted by Gasteiger charge is -2.13. The summed E-state index contributed by atoms with van der Waals surface area (Å²) >= 11 is 3.22. The molecule has 0 heterocycles. The van der Waals surface area contributed by atoms with Crippen LogP contribution in [0.3, 0.4) is 0 Å². The second-order valence-electron chi connectivity index (χ2n) is 4.49. The lowest BCUT2D eigenvalue weighted by molar-refractivity contribution is -0.130. The Morgan fingerprint density at radius 2 is 2.05 bits per heavy atom. The van der Waals surface area contributed by atoms with Crippen LogP contribution in [-0.4, -0.2) is 37.0 Å². The number of halogens is 1. The summed E-state index contributed by atoms with van der Waals surface area (Å²) in [5, 5.41) is 5.00. The van der Waals surface area contributed by atoms with Crippen molar-refractivity contribution < 1.29 is 19.1 Å². The SMILES string of the molecule is CCNC(=O)[C@@H](C)NC(=O)COC(=O)c1cc(Br)ccc1N. The Kier molecular flexibility index (Phi) is 6.84. The first-order valence-corrected chi connectivity index (χ1v) is 7.43. The summed E-state index contributed by atoms with van der Waals surface area (Å²) in [5.74, 6) is -1.58. The minimum absolute atomic E-state index is 0.166. The largest absolute Gasteiger partial charge is 0.452 e. The zero-order valence-electron chi connectivity index (χ0n) is 12.3. The first-order chi connectivity index (χ1) is 10.3. The maximum atomic E-state index is 11.9. The zero-order chi connectivity index (χ0) is 16.7. The Morgan fingerprint density at radius 1 is 1.36 bits per heavy atom. The van der Waals surface area contributed by atoms with E-state index in [9.17, 15) is 14.4 Å². The molecule has 4 N–H and O–H groups in total. The molecule has 0 unspecified atom stereocenters. The van der Waals surface area contributed by atoms with E-state index in [0.717, 1.165) is 0 Å². The van der Waals surface area contributed by atoms with Crippen LogP contribution in [-0.2, 0) is 14.3 Å². The van der Waals surface area contributed by atoms with Gasteiger partial charge in [0, 0.05) is 16.7 Å². The number of carbonyl (C=O) groups is 3. The van der Waals surface area contributed by atoms with E-state index >= 15 is 0 Å². The van der Waals surface area contributed by atoms with E-state index in [1.807, 2.05) is 0 Å². The van der Waals surface area contributed by atoms with Crippen molar-refractivity contribution in [3.05, 3.63) is 28.2 Å². The number of benzene rings is 1. The summed E-state index contributed by atoms with van der Waals surface area (Å²) < 4.78 is 5.55. The van der Waals surface area contributed by atoms with Crippen LogP contribution >= 0.6 is 15.9 Å². The van der Waals surface area contributed by atoms with E-state index in [1.54, 1.807) is 19.1 Å². The summed E-state index contributed by atoms with van der Waals surface area (Å²) in [5.41, 5.74) is 6.10. The molecule has 1 atom stereocenters. The van der Waals surface area contributed by atoms with E-state index < -0.39 is 24.5 Å². The average Bonchev–Trinajstić information content (AvgIpc) is 2.47. The van der Waals surface area contributed by atoms with E-state index in [4.69, 9.17) is 10.5 Å². The van der Waals surface area contributed by atoms with Crippen molar-refractivity contribution in [2.24, 2.45) is 0 Å². The van der Waals surface area contributed by atoms with Gasteiger partial charge in [0.15, 0.2) is 6.61 Å². The first-order valence-electron chi connectivity index (χ1n) is 6.64. The van der Waals surface area contributed by atoms with Crippen LogP contribution in [0.5, 0.6) is 0 Å². The molecule has 0 aromatic heterocycles. The molecular formula is C14H18BrN3O4. The monoisotopic (exact) mass is 371 g/mol. The highest BCUT2D eigenvalue weighted by Crippen LogP contribution is 2.19. The quantitative estimate of drug-likeness (QED) is 0.506. The summed E-state index contributed by atoms with van der Waals surface area (Å²) in [6, 6.07) is 4.04. The second-order valence-corrected chi connectivity index (χ2v) is 5.41. The summed E-state index contributed by atoms with van der Waals surface area (Å²) in [6.45, 7) is 3.29. The van der Waals surface area contributed by atoms with Crippen LogP contribution in [0.2, 0.25) is 0 Å². The topological polar surface area (TPSA) is 111 Å². The molecular weight excluding hydrogens is 354 g/mol. The van der Waals surface area contributed by atoms with Gasteiger partial charge in [0.2, 0.25) is 5.91 Å². The highest BCUT2D eigenvalue weighted by atomic mass is 79.9. The fourth-order valence-corrected chi connectivity index (χ4v) is 1.95. The standard InChI is InChI=1S/C14H18BrN3O4/c1-3-17-13(20)8(2)18-12(19)7-22-14(21)10-6-9(15)4-5-11(10)16/h4-6,8H,3,7,16H2,1-2H3,(H,17,20)(H,18,19)/t8-/m1/s1. The van der Waals surface area contributed by atoms with Crippen LogP contribution in [0.15, 0.2) is 22.7 Å². The molecule has 0 aliphatic rings. The maximum Gasteiger partial charge on any atom is 0.340 e. The lowest BCUT2D eigenvalue weighted by atomic mass is 10.2. The maximum absolute atomic E-state index is 11.9. The molecule has 0 radical (unpaired) electrons. The number of ether oxygens (including phenoxy) is 1. The molecule has 0 fully saturated rings. The minimum Gasteiger partial charge on any atom is -0.452 e. The zero-order valence-corrected chi connectivity index (χ0v) is 13.9. The normalized spacial score (nSPS) is 11.4. The van der Waals surface area contributed by atoms with Gasteiger partial charge < -0.3 is 21.1 Å². The van der Waals surface area contributed by atoms with Gasteiger partial charge in [-0.1, -0.05) is 15.9 Å². The number of hydrogen-bond acceptors (Lipinski definition) is 5. The van der Waals surface area contributed by atoms with Crippen LogP contribution in [0, 0.1) is 0 Å². The molecule has 0 aliphatic heterocycles. The van der Waals surface area contributed by atoms with Crippen molar-refractivity contribution in [2.45, 2.75) is 19.9 Å². The smallest absolute Gasteiger partial charge is 0.340 e. The third-order valence-electron chi connectivity index (χ3n) is 2.69. The number of rotatable bonds is 6. The highest BCUT2D eigenvalue weighted by molar-refractivity contribution is 9.10. The van der Waals surface area contributed by atoms with Gasteiger partial charge in [-0.2, -0.15) is 0 Å². The van der Waals surface area contributed by atoms with Gasteiger partial charge in [-0.15, -0.1) is 0 Å². The van der Waals surface area contributed by atoms with Gasteiger partial charge in [0.1, 0.15) is 6.04 Å². The van der Waals surface area contributed by atoms with Crippen molar-refractivity contribution in [1.29, 1.82) is 0 Å². The summed E-state index contributed by atoms with van der Waals surface area (Å²) in [6.07, 6.45) is 0. The van der Waals surface area contributed by atoms with Gasteiger partial charge in [-0.25, -0.2) is 4.79 Å². The fourth-order valence-electron chi connectivity index (χ4n) is 1.59. The van der Waals surface area contributed by atoms with Gasteiger partial charge in [-0.05, 0) is 32.0 Å². The molecule has 120 valence electrons. The number of likely N-dealkylation sites (N-methyl/N-ethyl adjacent to an activating group) is 1. The van der Waals surface area contributed by atoms with Crippen LogP contribution in [0.25, 0.3) is 0 Å². The predicted octanol–water partition coefficient (Wildman–Crippen LogP) is 0.829. The Bertz CT molecular complexity index is 577. The molecule has 0 bridgehead atoms. The van der Waals surface area contributed by atoms with Crippen molar-refractivity contribution in [3.8, 4) is 0 Å². The Labute approximate surface area is 136 Å². The van der Waals surface area contributed by atoms with Crippen LogP contribution < -0.4 is 16.4 Å². The van der Waals surface area contributed by atoms with Crippen molar-refractivity contribution in [1.82, 2.24) is 10.6 Å². The molecule has 2 amide bonds. The van der Waals surface area contributed by atoms with Crippen molar-refractivity contribution in [3.63, 3.8) is 0 Å². The Balaban J connectivity index is 2.52. The number of hydrogen-bond donors (Lipinski definition) is 3. The lowest BCUT2D eigenvalue weighted by Crippen LogP contribution is -2.46. The van der Waals surface area contributed by atoms with Crippen molar-refractivity contribution in [2.75, 3.05) is 18.9 Å². The number of nitrogens with one attached hydrogen (secondary N) is 2. The third kappa shape index (κ3) is 5.36. The number of nitrogens with two attached hydrogens (primary N) is 1. The number of nitrogen functional groups attached to an aromatic ring is 1. The second kappa shape index (κ2) is 8.38. The van der Waals surface area contributed by atoms with Crippen molar-refractivity contribution >= 4 is 39.4 Å². The Hall–Kier alpha value is -2.09. The van der Waals surface area contributed by atoms with E-state index in [2.05, 4.69) is 26.6 Å². The number of carbonyl (C=O) groups excluding carboxylic acids is 3. The number of anilines is 1. The molecule has 0 aliphatic carbocycles. The molecule has 7 nitrogen and oxygen atoms in total. The average molecular weight is 372 g/mol. The van der Waals surface area contributed by atoms with E-state index in [0.29, 0.717) is 11.0 Å². The summed E-state index contributed by atoms with van der Waals surface area (Å²) in [4.78, 5) is 35.0. The first kappa shape index (κ1) is 18.0. The number of amides is 2. The van der Waals surface area contributed by atoms with Gasteiger partial charge in [-0.3, -0.25) is 9.59 Å². The van der Waals surface area contributed by atoms with E-state index in [-0.39, 0.29) is 17.2 Å². The van der Waals surface area contributed by atoms with E-state index in [1.165, 1.54) is 13.0 Å². The van der Waals surface area contributed by atoms with Crippen LogP contribution in [0.4, 0.5) is 5.69 Å². The number of esters is 1. The molecule has 1 aromatic rings. The van der Waals surface area contributed by atoms with Gasteiger partial charge in [0.05, 0.1) is 5.56 Å². The Morgan fingerprint density at radius 3 is 2.68 bits per heavy atom. The molecule has 0 saturated heterocycles. The molecule has 1 rings (SSSR count). The molecule has 1 aromatic carbocycles. The minimum atomic E-state index is -0.709. The van der Waals surface area contributed by atoms with Gasteiger partial charge in [0.25, 0.3) is 5.91 Å². The molecule has 22 heavy (non-hydrogen) atoms. The predicted molar refractivity (Wildman–Crippen MR) is 85.1 cm³/mol.